The van der Waals surface area contributed by atoms with Gasteiger partial charge in [0.25, 0.3) is 0 Å². The molecule has 0 atom stereocenters. The molecule has 0 saturated heterocycles. The highest BCUT2D eigenvalue weighted by molar-refractivity contribution is 5.92. The van der Waals surface area contributed by atoms with Crippen molar-refractivity contribution in [1.29, 1.82) is 0 Å². The van der Waals surface area contributed by atoms with E-state index >= 15 is 0 Å². The van der Waals surface area contributed by atoms with Gasteiger partial charge in [-0.15, -0.1) is 0 Å². The summed E-state index contributed by atoms with van der Waals surface area (Å²) < 4.78 is 0. The van der Waals surface area contributed by atoms with E-state index in [1.165, 1.54) is 0 Å². The van der Waals surface area contributed by atoms with Crippen LogP contribution in [0.25, 0.3) is 0 Å². The molecule has 0 unspecified atom stereocenters. The van der Waals surface area contributed by atoms with Crippen molar-refractivity contribution in [2.24, 2.45) is 5.92 Å². The smallest absolute Gasteiger partial charge is 0.317 e. The van der Waals surface area contributed by atoms with Crippen LogP contribution in [0.4, 0.5) is 5.69 Å². The number of carboxylic acids is 1. The van der Waals surface area contributed by atoms with E-state index in [-0.39, 0.29) is 19.0 Å². The van der Waals surface area contributed by atoms with E-state index in [1.807, 2.05) is 31.2 Å². The van der Waals surface area contributed by atoms with Crippen LogP contribution in [0.1, 0.15) is 18.4 Å². The predicted octanol–water partition coefficient (Wildman–Crippen LogP) is 1.73. The highest BCUT2D eigenvalue weighted by Gasteiger charge is 2.26. The van der Waals surface area contributed by atoms with E-state index in [0.717, 1.165) is 24.1 Å². The maximum Gasteiger partial charge on any atom is 0.317 e. The minimum Gasteiger partial charge on any atom is -0.480 e. The maximum absolute atomic E-state index is 12.0. The molecule has 20 heavy (non-hydrogen) atoms. The first-order chi connectivity index (χ1) is 9.52. The second-order valence-electron chi connectivity index (χ2n) is 5.42. The van der Waals surface area contributed by atoms with Crippen molar-refractivity contribution in [3.63, 3.8) is 0 Å². The highest BCUT2D eigenvalue weighted by Crippen LogP contribution is 2.29. The monoisotopic (exact) mass is 276 g/mol. The van der Waals surface area contributed by atoms with Crippen molar-refractivity contribution in [3.8, 4) is 0 Å². The van der Waals surface area contributed by atoms with Crippen LogP contribution in [0.15, 0.2) is 24.3 Å². The van der Waals surface area contributed by atoms with E-state index in [1.54, 1.807) is 4.90 Å². The summed E-state index contributed by atoms with van der Waals surface area (Å²) in [6.07, 6.45) is 2.27. The molecule has 1 aromatic carbocycles. The first-order valence-electron chi connectivity index (χ1n) is 6.83. The van der Waals surface area contributed by atoms with Gasteiger partial charge < -0.3 is 10.4 Å². The second-order valence-corrected chi connectivity index (χ2v) is 5.42. The molecule has 0 radical (unpaired) electrons. The zero-order chi connectivity index (χ0) is 14.5. The lowest BCUT2D eigenvalue weighted by atomic mass is 10.2. The van der Waals surface area contributed by atoms with Gasteiger partial charge in [0.1, 0.15) is 0 Å². The summed E-state index contributed by atoms with van der Waals surface area (Å²) in [7, 11) is 0. The fourth-order valence-corrected chi connectivity index (χ4v) is 2.17. The number of nitrogens with zero attached hydrogens (tertiary/aromatic N) is 1. The van der Waals surface area contributed by atoms with Crippen molar-refractivity contribution < 1.29 is 14.7 Å². The Hall–Kier alpha value is -1.88. The number of aliphatic carboxylic acids is 1. The Labute approximate surface area is 118 Å². The Balaban J connectivity index is 1.88. The SMILES string of the molecule is Cc1cccc(NC(=O)CN(CC(=O)O)CC2CC2)c1. The fourth-order valence-electron chi connectivity index (χ4n) is 2.17. The lowest BCUT2D eigenvalue weighted by Gasteiger charge is -2.19. The highest BCUT2D eigenvalue weighted by atomic mass is 16.4. The summed E-state index contributed by atoms with van der Waals surface area (Å²) >= 11 is 0. The molecule has 5 heteroatoms. The molecule has 0 heterocycles. The normalized spacial score (nSPS) is 14.3. The average molecular weight is 276 g/mol. The number of carbonyl (C=O) groups excluding carboxylic acids is 1. The van der Waals surface area contributed by atoms with Crippen LogP contribution < -0.4 is 5.32 Å². The summed E-state index contributed by atoms with van der Waals surface area (Å²) in [6.45, 7) is 2.68. The number of hydrogen-bond acceptors (Lipinski definition) is 3. The van der Waals surface area contributed by atoms with Crippen LogP contribution >= 0.6 is 0 Å². The van der Waals surface area contributed by atoms with Crippen LogP contribution in [0, 0.1) is 12.8 Å². The Morgan fingerprint density at radius 3 is 2.70 bits per heavy atom. The number of carbonyl (C=O) groups is 2. The molecular weight excluding hydrogens is 256 g/mol. The molecule has 0 aliphatic heterocycles. The van der Waals surface area contributed by atoms with Gasteiger partial charge in [0.15, 0.2) is 0 Å². The average Bonchev–Trinajstić information content (AvgIpc) is 3.11. The van der Waals surface area contributed by atoms with Crippen LogP contribution in [0.5, 0.6) is 0 Å². The fraction of sp³-hybridized carbons (Fsp3) is 0.467. The van der Waals surface area contributed by atoms with E-state index < -0.39 is 5.97 Å². The summed E-state index contributed by atoms with van der Waals surface area (Å²) in [6, 6.07) is 7.55. The van der Waals surface area contributed by atoms with Crippen molar-refractivity contribution in [2.75, 3.05) is 25.0 Å². The number of benzene rings is 1. The standard InChI is InChI=1S/C15H20N2O3/c1-11-3-2-4-13(7-11)16-14(18)9-17(10-15(19)20)8-12-5-6-12/h2-4,7,12H,5-6,8-10H2,1H3,(H,16,18)(H,19,20). The first-order valence-corrected chi connectivity index (χ1v) is 6.83. The largest absolute Gasteiger partial charge is 0.480 e. The number of aryl methyl sites for hydroxylation is 1. The molecule has 1 fully saturated rings. The topological polar surface area (TPSA) is 69.6 Å². The Kier molecular flexibility index (Phi) is 4.74. The lowest BCUT2D eigenvalue weighted by Crippen LogP contribution is -2.38. The van der Waals surface area contributed by atoms with Crippen molar-refractivity contribution in [3.05, 3.63) is 29.8 Å². The number of carboxylic acid groups (broad SMARTS) is 1. The third-order valence-electron chi connectivity index (χ3n) is 3.24. The molecule has 108 valence electrons. The number of nitrogens with one attached hydrogen (secondary N) is 1. The molecule has 0 spiro atoms. The predicted molar refractivity (Wildman–Crippen MR) is 76.6 cm³/mol. The van der Waals surface area contributed by atoms with Crippen molar-refractivity contribution in [1.82, 2.24) is 4.90 Å². The minimum absolute atomic E-state index is 0.0856. The summed E-state index contributed by atoms with van der Waals surface area (Å²) in [4.78, 5) is 24.5. The van der Waals surface area contributed by atoms with Crippen LogP contribution in [0.3, 0.4) is 0 Å². The molecule has 5 nitrogen and oxygen atoms in total. The van der Waals surface area contributed by atoms with Crippen LogP contribution in [0.2, 0.25) is 0 Å². The van der Waals surface area contributed by atoms with Gasteiger partial charge in [-0.2, -0.15) is 0 Å². The molecule has 2 N–H and O–H groups in total. The van der Waals surface area contributed by atoms with Crippen molar-refractivity contribution >= 4 is 17.6 Å². The van der Waals surface area contributed by atoms with Gasteiger partial charge in [0, 0.05) is 12.2 Å². The van der Waals surface area contributed by atoms with Crippen LogP contribution in [-0.4, -0.2) is 41.5 Å². The first kappa shape index (κ1) is 14.5. The summed E-state index contributed by atoms with van der Waals surface area (Å²) in [5, 5.41) is 11.7. The Bertz CT molecular complexity index is 498. The molecule has 2 rings (SSSR count). The lowest BCUT2D eigenvalue weighted by molar-refractivity contribution is -0.138. The second kappa shape index (κ2) is 6.52. The van der Waals surface area contributed by atoms with E-state index in [0.29, 0.717) is 12.5 Å². The van der Waals surface area contributed by atoms with E-state index in [2.05, 4.69) is 5.32 Å². The summed E-state index contributed by atoms with van der Waals surface area (Å²) in [5.74, 6) is -0.507. The Morgan fingerprint density at radius 2 is 2.10 bits per heavy atom. The molecule has 0 aromatic heterocycles. The zero-order valence-corrected chi connectivity index (χ0v) is 11.6. The van der Waals surface area contributed by atoms with E-state index in [9.17, 15) is 9.59 Å². The number of rotatable bonds is 7. The molecule has 1 saturated carbocycles. The Morgan fingerprint density at radius 1 is 1.35 bits per heavy atom. The molecule has 1 aromatic rings. The number of amides is 1. The van der Waals surface area contributed by atoms with E-state index in [4.69, 9.17) is 5.11 Å². The van der Waals surface area contributed by atoms with Gasteiger partial charge >= 0.3 is 5.97 Å². The number of anilines is 1. The van der Waals surface area contributed by atoms with Gasteiger partial charge in [-0.25, -0.2) is 0 Å². The third-order valence-corrected chi connectivity index (χ3v) is 3.24. The molecule has 1 amide bonds. The number of hydrogen-bond donors (Lipinski definition) is 2. The van der Waals surface area contributed by atoms with Crippen LogP contribution in [-0.2, 0) is 9.59 Å². The zero-order valence-electron chi connectivity index (χ0n) is 11.6. The van der Waals surface area contributed by atoms with Gasteiger partial charge in [0.2, 0.25) is 5.91 Å². The van der Waals surface area contributed by atoms with Gasteiger partial charge in [0.05, 0.1) is 13.1 Å². The quantitative estimate of drug-likeness (QED) is 0.795. The summed E-state index contributed by atoms with van der Waals surface area (Å²) in [5.41, 5.74) is 1.82. The molecule has 1 aliphatic rings. The maximum atomic E-state index is 12.0. The van der Waals surface area contributed by atoms with Gasteiger partial charge in [-0.3, -0.25) is 14.5 Å². The van der Waals surface area contributed by atoms with Gasteiger partial charge in [-0.05, 0) is 43.4 Å². The third kappa shape index (κ3) is 5.01. The molecule has 1 aliphatic carbocycles. The minimum atomic E-state index is -0.894. The van der Waals surface area contributed by atoms with Crippen molar-refractivity contribution in [2.45, 2.75) is 19.8 Å². The van der Waals surface area contributed by atoms with Gasteiger partial charge in [-0.1, -0.05) is 12.1 Å². The molecule has 0 bridgehead atoms. The molecular formula is C15H20N2O3.